The summed E-state index contributed by atoms with van der Waals surface area (Å²) in [4.78, 5) is 20.3. The van der Waals surface area contributed by atoms with Gasteiger partial charge >= 0.3 is 0 Å². The Morgan fingerprint density at radius 3 is 2.47 bits per heavy atom. The SMILES string of the molecule is O=C1C(N2CCN(S(=O)(=O)c3ccc(F)cc3F)CC2)CCN1Cc1ccccn1. The van der Waals surface area contributed by atoms with Gasteiger partial charge in [-0.2, -0.15) is 4.31 Å². The first-order valence-electron chi connectivity index (χ1n) is 9.74. The molecule has 0 spiro atoms. The number of piperazine rings is 1. The third kappa shape index (κ3) is 4.07. The van der Waals surface area contributed by atoms with E-state index in [1.54, 1.807) is 11.1 Å². The number of carbonyl (C=O) groups excluding carboxylic acids is 1. The second-order valence-electron chi connectivity index (χ2n) is 7.40. The number of amides is 1. The van der Waals surface area contributed by atoms with Crippen LogP contribution in [-0.2, 0) is 21.4 Å². The summed E-state index contributed by atoms with van der Waals surface area (Å²) in [6, 6.07) is 7.73. The molecular weight excluding hydrogens is 414 g/mol. The van der Waals surface area contributed by atoms with Crippen molar-refractivity contribution in [1.82, 2.24) is 19.1 Å². The molecule has 2 aromatic rings. The molecule has 1 amide bonds. The molecule has 0 aliphatic carbocycles. The Labute approximate surface area is 174 Å². The van der Waals surface area contributed by atoms with Gasteiger partial charge in [-0.1, -0.05) is 6.07 Å². The first-order chi connectivity index (χ1) is 14.4. The van der Waals surface area contributed by atoms with Gasteiger partial charge in [-0.25, -0.2) is 17.2 Å². The van der Waals surface area contributed by atoms with Gasteiger partial charge in [-0.05, 0) is 30.7 Å². The van der Waals surface area contributed by atoms with Crippen LogP contribution >= 0.6 is 0 Å². The highest BCUT2D eigenvalue weighted by molar-refractivity contribution is 7.89. The van der Waals surface area contributed by atoms with Crippen molar-refractivity contribution in [2.45, 2.75) is 23.9 Å². The normalized spacial score (nSPS) is 21.3. The van der Waals surface area contributed by atoms with Crippen molar-refractivity contribution >= 4 is 15.9 Å². The predicted octanol–water partition coefficient (Wildman–Crippen LogP) is 1.47. The van der Waals surface area contributed by atoms with Gasteiger partial charge in [0.25, 0.3) is 0 Å². The summed E-state index contributed by atoms with van der Waals surface area (Å²) in [5.74, 6) is -1.92. The summed E-state index contributed by atoms with van der Waals surface area (Å²) in [7, 11) is -4.06. The van der Waals surface area contributed by atoms with Crippen molar-refractivity contribution < 1.29 is 22.0 Å². The number of hydrogen-bond acceptors (Lipinski definition) is 5. The average Bonchev–Trinajstić information content (AvgIpc) is 3.09. The molecule has 2 fully saturated rings. The van der Waals surface area contributed by atoms with E-state index in [0.29, 0.717) is 38.7 Å². The van der Waals surface area contributed by atoms with Crippen LogP contribution in [-0.4, -0.2) is 72.2 Å². The monoisotopic (exact) mass is 436 g/mol. The van der Waals surface area contributed by atoms with E-state index in [4.69, 9.17) is 0 Å². The minimum absolute atomic E-state index is 0.0153. The van der Waals surface area contributed by atoms with Crippen molar-refractivity contribution in [3.05, 3.63) is 59.9 Å². The molecule has 1 unspecified atom stereocenters. The Morgan fingerprint density at radius 2 is 1.80 bits per heavy atom. The maximum absolute atomic E-state index is 14.0. The highest BCUT2D eigenvalue weighted by atomic mass is 32.2. The maximum Gasteiger partial charge on any atom is 0.246 e. The summed E-state index contributed by atoms with van der Waals surface area (Å²) in [5.41, 5.74) is 0.823. The zero-order valence-corrected chi connectivity index (χ0v) is 17.1. The van der Waals surface area contributed by atoms with Crippen LogP contribution in [0.3, 0.4) is 0 Å². The van der Waals surface area contributed by atoms with Crippen LogP contribution in [0.4, 0.5) is 8.78 Å². The standard InChI is InChI=1S/C20H22F2N4O3S/c21-15-4-5-19(17(22)13-15)30(28,29)26-11-9-24(10-12-26)18-6-8-25(20(18)27)14-16-3-1-2-7-23-16/h1-5,7,13,18H,6,8-12,14H2. The average molecular weight is 436 g/mol. The second kappa shape index (κ2) is 8.37. The van der Waals surface area contributed by atoms with Gasteiger partial charge in [0.05, 0.1) is 18.3 Å². The van der Waals surface area contributed by atoms with Gasteiger partial charge in [0, 0.05) is 45.0 Å². The molecule has 0 bridgehead atoms. The van der Waals surface area contributed by atoms with Crippen molar-refractivity contribution in [3.63, 3.8) is 0 Å². The van der Waals surface area contributed by atoms with E-state index < -0.39 is 26.6 Å². The first-order valence-corrected chi connectivity index (χ1v) is 11.2. The fourth-order valence-electron chi connectivity index (χ4n) is 3.98. The topological polar surface area (TPSA) is 73.8 Å². The van der Waals surface area contributed by atoms with Crippen LogP contribution in [0.1, 0.15) is 12.1 Å². The van der Waals surface area contributed by atoms with Gasteiger partial charge in [0.2, 0.25) is 15.9 Å². The minimum atomic E-state index is -4.06. The molecule has 10 heteroatoms. The molecule has 1 atom stereocenters. The molecule has 3 heterocycles. The zero-order chi connectivity index (χ0) is 21.3. The third-order valence-electron chi connectivity index (χ3n) is 5.57. The van der Waals surface area contributed by atoms with Gasteiger partial charge in [0.15, 0.2) is 0 Å². The van der Waals surface area contributed by atoms with Crippen molar-refractivity contribution in [3.8, 4) is 0 Å². The summed E-state index contributed by atoms with van der Waals surface area (Å²) in [5, 5.41) is 0. The molecule has 0 saturated carbocycles. The summed E-state index contributed by atoms with van der Waals surface area (Å²) >= 11 is 0. The summed E-state index contributed by atoms with van der Waals surface area (Å²) in [6.45, 7) is 2.10. The lowest BCUT2D eigenvalue weighted by Crippen LogP contribution is -2.53. The van der Waals surface area contributed by atoms with Crippen LogP contribution < -0.4 is 0 Å². The number of nitrogens with zero attached hydrogens (tertiary/aromatic N) is 4. The fourth-order valence-corrected chi connectivity index (χ4v) is 5.45. The lowest BCUT2D eigenvalue weighted by molar-refractivity contribution is -0.133. The van der Waals surface area contributed by atoms with E-state index >= 15 is 0 Å². The summed E-state index contributed by atoms with van der Waals surface area (Å²) in [6.07, 6.45) is 2.36. The van der Waals surface area contributed by atoms with Crippen LogP contribution in [0.25, 0.3) is 0 Å². The number of aromatic nitrogens is 1. The number of carbonyl (C=O) groups is 1. The molecule has 7 nitrogen and oxygen atoms in total. The Hall–Kier alpha value is -2.43. The summed E-state index contributed by atoms with van der Waals surface area (Å²) < 4.78 is 53.7. The molecule has 160 valence electrons. The predicted molar refractivity (Wildman–Crippen MR) is 105 cm³/mol. The van der Waals surface area contributed by atoms with Crippen LogP contribution in [0.15, 0.2) is 47.5 Å². The van der Waals surface area contributed by atoms with E-state index in [9.17, 15) is 22.0 Å². The highest BCUT2D eigenvalue weighted by Gasteiger charge is 2.39. The Balaban J connectivity index is 1.38. The van der Waals surface area contributed by atoms with Gasteiger partial charge in [-0.15, -0.1) is 0 Å². The number of hydrogen-bond donors (Lipinski definition) is 0. The zero-order valence-electron chi connectivity index (χ0n) is 16.2. The minimum Gasteiger partial charge on any atom is -0.335 e. The molecular formula is C20H22F2N4O3S. The number of rotatable bonds is 5. The van der Waals surface area contributed by atoms with E-state index in [1.165, 1.54) is 4.31 Å². The van der Waals surface area contributed by atoms with Crippen LogP contribution in [0.5, 0.6) is 0 Å². The fraction of sp³-hybridized carbons (Fsp3) is 0.400. The Bertz CT molecular complexity index is 1030. The Kier molecular flexibility index (Phi) is 5.81. The molecule has 30 heavy (non-hydrogen) atoms. The van der Waals surface area contributed by atoms with Crippen molar-refractivity contribution in [2.24, 2.45) is 0 Å². The van der Waals surface area contributed by atoms with E-state index in [1.807, 2.05) is 23.1 Å². The lowest BCUT2D eigenvalue weighted by atomic mass is 10.2. The van der Waals surface area contributed by atoms with E-state index in [-0.39, 0.29) is 25.0 Å². The molecule has 4 rings (SSSR count). The molecule has 0 radical (unpaired) electrons. The third-order valence-corrected chi connectivity index (χ3v) is 7.51. The van der Waals surface area contributed by atoms with Crippen molar-refractivity contribution in [2.75, 3.05) is 32.7 Å². The molecule has 2 aliphatic heterocycles. The molecule has 1 aromatic carbocycles. The smallest absolute Gasteiger partial charge is 0.246 e. The van der Waals surface area contributed by atoms with Crippen molar-refractivity contribution in [1.29, 1.82) is 0 Å². The van der Waals surface area contributed by atoms with Crippen LogP contribution in [0.2, 0.25) is 0 Å². The quantitative estimate of drug-likeness (QED) is 0.710. The Morgan fingerprint density at radius 1 is 1.03 bits per heavy atom. The van der Waals surface area contributed by atoms with Gasteiger partial charge in [-0.3, -0.25) is 14.7 Å². The van der Waals surface area contributed by atoms with Gasteiger partial charge < -0.3 is 4.90 Å². The number of sulfonamides is 1. The van der Waals surface area contributed by atoms with Gasteiger partial charge in [0.1, 0.15) is 16.5 Å². The number of pyridine rings is 1. The lowest BCUT2D eigenvalue weighted by Gasteiger charge is -2.36. The molecule has 1 aromatic heterocycles. The molecule has 2 saturated heterocycles. The number of likely N-dealkylation sites (tertiary alicyclic amines) is 1. The van der Waals surface area contributed by atoms with E-state index in [0.717, 1.165) is 17.8 Å². The largest absolute Gasteiger partial charge is 0.335 e. The number of benzene rings is 1. The van der Waals surface area contributed by atoms with Crippen LogP contribution in [0, 0.1) is 11.6 Å². The van der Waals surface area contributed by atoms with E-state index in [2.05, 4.69) is 4.98 Å². The first kappa shape index (κ1) is 20.8. The maximum atomic E-state index is 14.0. The number of halogens is 2. The molecule has 2 aliphatic rings. The molecule has 0 N–H and O–H groups in total. The highest BCUT2D eigenvalue weighted by Crippen LogP contribution is 2.24. The second-order valence-corrected chi connectivity index (χ2v) is 9.31.